The van der Waals surface area contributed by atoms with Crippen LogP contribution < -0.4 is 19.5 Å². The molecule has 0 aliphatic carbocycles. The molecule has 0 aliphatic heterocycles. The maximum atomic E-state index is 5.69. The maximum absolute atomic E-state index is 5.69. The van der Waals surface area contributed by atoms with Gasteiger partial charge in [0.1, 0.15) is 23.0 Å². The van der Waals surface area contributed by atoms with E-state index >= 15 is 0 Å². The van der Waals surface area contributed by atoms with Gasteiger partial charge in [0.2, 0.25) is 0 Å². The van der Waals surface area contributed by atoms with E-state index in [1.807, 2.05) is 60.8 Å². The van der Waals surface area contributed by atoms with E-state index in [0.29, 0.717) is 0 Å². The number of hydrogen-bond donors (Lipinski definition) is 1. The smallest absolute Gasteiger partial charge is 0.187 e. The third kappa shape index (κ3) is 4.72. The van der Waals surface area contributed by atoms with Crippen molar-refractivity contribution >= 4 is 22.2 Å². The van der Waals surface area contributed by atoms with Crippen LogP contribution in [0.3, 0.4) is 0 Å². The van der Waals surface area contributed by atoms with Crippen molar-refractivity contribution in [3.8, 4) is 28.5 Å². The van der Waals surface area contributed by atoms with Crippen molar-refractivity contribution in [1.29, 1.82) is 0 Å². The first kappa shape index (κ1) is 19.5. The molecule has 0 spiro atoms. The first-order valence-corrected chi connectivity index (χ1v) is 9.53. The number of benzene rings is 2. The van der Waals surface area contributed by atoms with Crippen LogP contribution in [-0.2, 0) is 0 Å². The third-order valence-electron chi connectivity index (χ3n) is 3.93. The maximum Gasteiger partial charge on any atom is 0.187 e. The first-order valence-electron chi connectivity index (χ1n) is 8.65. The number of methoxy groups -OCH3 is 2. The number of thiazole rings is 1. The van der Waals surface area contributed by atoms with Crippen LogP contribution in [0.5, 0.6) is 17.2 Å². The van der Waals surface area contributed by atoms with Crippen molar-refractivity contribution in [2.45, 2.75) is 6.92 Å². The molecule has 0 aliphatic rings. The van der Waals surface area contributed by atoms with Gasteiger partial charge in [0.15, 0.2) is 5.13 Å². The van der Waals surface area contributed by atoms with Gasteiger partial charge in [-0.05, 0) is 49.4 Å². The van der Waals surface area contributed by atoms with Gasteiger partial charge in [-0.15, -0.1) is 11.3 Å². The zero-order chi connectivity index (χ0) is 19.9. The fraction of sp³-hybridized carbons (Fsp3) is 0.136. The molecule has 0 amide bonds. The van der Waals surface area contributed by atoms with E-state index in [2.05, 4.69) is 16.9 Å². The summed E-state index contributed by atoms with van der Waals surface area (Å²) in [5.74, 6) is 3.02. The molecule has 28 heavy (non-hydrogen) atoms. The SMILES string of the molecule is C=CC=C(C)Oc1ccc(Nc2nc(-c3ccc(OC)cc3OC)cs2)cc1. The fourth-order valence-corrected chi connectivity index (χ4v) is 3.31. The summed E-state index contributed by atoms with van der Waals surface area (Å²) in [4.78, 5) is 4.67. The molecular weight excluding hydrogens is 372 g/mol. The van der Waals surface area contributed by atoms with Gasteiger partial charge in [-0.3, -0.25) is 0 Å². The molecule has 0 unspecified atom stereocenters. The molecule has 1 heterocycles. The second kappa shape index (κ2) is 9.10. The van der Waals surface area contributed by atoms with Crippen LogP contribution in [0.2, 0.25) is 0 Å². The largest absolute Gasteiger partial charge is 0.497 e. The predicted octanol–water partition coefficient (Wildman–Crippen LogP) is 6.04. The number of allylic oxidation sites excluding steroid dienone is 3. The molecule has 0 fully saturated rings. The van der Waals surface area contributed by atoms with Crippen LogP contribution in [0.15, 0.2) is 72.3 Å². The Morgan fingerprint density at radius 3 is 2.50 bits per heavy atom. The van der Waals surface area contributed by atoms with Crippen molar-refractivity contribution in [1.82, 2.24) is 4.98 Å². The van der Waals surface area contributed by atoms with Crippen LogP contribution in [0, 0.1) is 0 Å². The third-order valence-corrected chi connectivity index (χ3v) is 4.68. The molecule has 6 heteroatoms. The number of nitrogens with zero attached hydrogens (tertiary/aromatic N) is 1. The summed E-state index contributed by atoms with van der Waals surface area (Å²) in [5, 5.41) is 6.10. The topological polar surface area (TPSA) is 52.6 Å². The Morgan fingerprint density at radius 2 is 1.82 bits per heavy atom. The monoisotopic (exact) mass is 394 g/mol. The molecule has 1 N–H and O–H groups in total. The van der Waals surface area contributed by atoms with Crippen LogP contribution in [0.25, 0.3) is 11.3 Å². The lowest BCUT2D eigenvalue weighted by Gasteiger charge is -2.08. The minimum atomic E-state index is 0.723. The van der Waals surface area contributed by atoms with Crippen molar-refractivity contribution < 1.29 is 14.2 Å². The van der Waals surface area contributed by atoms with Crippen LogP contribution in [0.1, 0.15) is 6.92 Å². The summed E-state index contributed by atoms with van der Waals surface area (Å²) >= 11 is 1.53. The van der Waals surface area contributed by atoms with Gasteiger partial charge < -0.3 is 19.5 Å². The van der Waals surface area contributed by atoms with Gasteiger partial charge in [0.05, 0.1) is 19.9 Å². The van der Waals surface area contributed by atoms with Crippen molar-refractivity contribution in [2.24, 2.45) is 0 Å². The lowest BCUT2D eigenvalue weighted by atomic mass is 10.1. The number of ether oxygens (including phenoxy) is 3. The molecule has 144 valence electrons. The van der Waals surface area contributed by atoms with E-state index in [4.69, 9.17) is 14.2 Å². The molecule has 0 saturated carbocycles. The zero-order valence-corrected chi connectivity index (χ0v) is 16.9. The summed E-state index contributed by atoms with van der Waals surface area (Å²) in [6, 6.07) is 13.4. The number of anilines is 2. The zero-order valence-electron chi connectivity index (χ0n) is 16.1. The van der Waals surface area contributed by atoms with E-state index < -0.39 is 0 Å². The van der Waals surface area contributed by atoms with Crippen LogP contribution >= 0.6 is 11.3 Å². The van der Waals surface area contributed by atoms with Gasteiger partial charge in [0.25, 0.3) is 0 Å². The minimum absolute atomic E-state index is 0.723. The second-order valence-electron chi connectivity index (χ2n) is 5.87. The Bertz CT molecular complexity index is 978. The molecule has 0 bridgehead atoms. The lowest BCUT2D eigenvalue weighted by molar-refractivity contribution is 0.395. The van der Waals surface area contributed by atoms with E-state index in [-0.39, 0.29) is 0 Å². The van der Waals surface area contributed by atoms with Gasteiger partial charge in [-0.1, -0.05) is 12.7 Å². The van der Waals surface area contributed by atoms with Gasteiger partial charge in [0, 0.05) is 22.7 Å². The molecule has 5 nitrogen and oxygen atoms in total. The van der Waals surface area contributed by atoms with E-state index in [1.165, 1.54) is 11.3 Å². The Hall–Kier alpha value is -3.25. The number of hydrogen-bond acceptors (Lipinski definition) is 6. The van der Waals surface area contributed by atoms with Gasteiger partial charge in [-0.2, -0.15) is 0 Å². The molecule has 2 aromatic carbocycles. The number of nitrogens with one attached hydrogen (secondary N) is 1. The van der Waals surface area contributed by atoms with Gasteiger partial charge >= 0.3 is 0 Å². The fourth-order valence-electron chi connectivity index (χ4n) is 2.58. The normalized spacial score (nSPS) is 11.0. The van der Waals surface area contributed by atoms with E-state index in [0.717, 1.165) is 45.1 Å². The Labute approximate surface area is 168 Å². The predicted molar refractivity (Wildman–Crippen MR) is 115 cm³/mol. The van der Waals surface area contributed by atoms with E-state index in [1.54, 1.807) is 20.3 Å². The molecule has 3 aromatic rings. The Balaban J connectivity index is 1.73. The molecule has 0 atom stereocenters. The highest BCUT2D eigenvalue weighted by molar-refractivity contribution is 7.14. The summed E-state index contributed by atoms with van der Waals surface area (Å²) in [6.07, 6.45) is 3.51. The molecule has 0 radical (unpaired) electrons. The van der Waals surface area contributed by atoms with Crippen molar-refractivity contribution in [3.63, 3.8) is 0 Å². The van der Waals surface area contributed by atoms with Gasteiger partial charge in [-0.25, -0.2) is 4.98 Å². The Kier molecular flexibility index (Phi) is 6.34. The summed E-state index contributed by atoms with van der Waals surface area (Å²) in [7, 11) is 3.27. The lowest BCUT2D eigenvalue weighted by Crippen LogP contribution is -1.93. The average Bonchev–Trinajstić information content (AvgIpc) is 3.17. The highest BCUT2D eigenvalue weighted by atomic mass is 32.1. The highest BCUT2D eigenvalue weighted by Crippen LogP contribution is 2.35. The average molecular weight is 394 g/mol. The van der Waals surface area contributed by atoms with Crippen LogP contribution in [-0.4, -0.2) is 19.2 Å². The summed E-state index contributed by atoms with van der Waals surface area (Å²) < 4.78 is 16.4. The standard InChI is InChI=1S/C22H22N2O3S/c1-5-6-15(2)27-17-9-7-16(8-10-17)23-22-24-20(14-28-22)19-12-11-18(25-3)13-21(19)26-4/h5-14H,1H2,2-4H3,(H,23,24). The van der Waals surface area contributed by atoms with Crippen LogP contribution in [0.4, 0.5) is 10.8 Å². The first-order chi connectivity index (χ1) is 13.6. The van der Waals surface area contributed by atoms with Crippen molar-refractivity contribution in [2.75, 3.05) is 19.5 Å². The molecule has 0 saturated heterocycles. The molecule has 1 aromatic heterocycles. The molecular formula is C22H22N2O3S. The second-order valence-corrected chi connectivity index (χ2v) is 6.73. The number of rotatable bonds is 8. The summed E-state index contributed by atoms with van der Waals surface area (Å²) in [6.45, 7) is 5.55. The van der Waals surface area contributed by atoms with Crippen molar-refractivity contribution in [3.05, 3.63) is 72.3 Å². The molecule has 3 rings (SSSR count). The quantitative estimate of drug-likeness (QED) is 0.373. The Morgan fingerprint density at radius 1 is 1.07 bits per heavy atom. The number of aromatic nitrogens is 1. The summed E-state index contributed by atoms with van der Waals surface area (Å²) in [5.41, 5.74) is 2.69. The highest BCUT2D eigenvalue weighted by Gasteiger charge is 2.11. The van der Waals surface area contributed by atoms with E-state index in [9.17, 15) is 0 Å². The minimum Gasteiger partial charge on any atom is -0.497 e.